The maximum absolute atomic E-state index is 2.49. The predicted octanol–water partition coefficient (Wildman–Crippen LogP) is 12.3. The van der Waals surface area contributed by atoms with E-state index in [0.717, 1.165) is 24.2 Å². The average molecular weight is 730 g/mol. The first-order valence-corrected chi connectivity index (χ1v) is 20.3. The van der Waals surface area contributed by atoms with Gasteiger partial charge in [-0.15, -0.1) is 0 Å². The zero-order valence-corrected chi connectivity index (χ0v) is 32.6. The summed E-state index contributed by atoms with van der Waals surface area (Å²) in [6.45, 7) is 4.92. The van der Waals surface area contributed by atoms with E-state index in [0.29, 0.717) is 0 Å². The monoisotopic (exact) mass is 729 g/mol. The van der Waals surface area contributed by atoms with E-state index in [1.807, 2.05) is 0 Å². The van der Waals surface area contributed by atoms with Crippen LogP contribution in [0.15, 0.2) is 188 Å². The van der Waals surface area contributed by atoms with Gasteiger partial charge in [0.05, 0.1) is 0 Å². The number of aryl methyl sites for hydroxylation is 1. The lowest BCUT2D eigenvalue weighted by Gasteiger charge is -2.27. The van der Waals surface area contributed by atoms with Crippen molar-refractivity contribution in [1.29, 1.82) is 0 Å². The molecule has 272 valence electrons. The van der Waals surface area contributed by atoms with Gasteiger partial charge in [-0.25, -0.2) is 0 Å². The van der Waals surface area contributed by atoms with Crippen molar-refractivity contribution in [3.63, 3.8) is 0 Å². The Balaban J connectivity index is 0.937. The van der Waals surface area contributed by atoms with Gasteiger partial charge in [-0.05, 0) is 105 Å². The maximum atomic E-state index is 2.49. The molecule has 2 heteroatoms. The normalized spacial score (nSPS) is 13.6. The number of benzene rings is 8. The minimum Gasteiger partial charge on any atom is -0.310 e. The first-order valence-electron chi connectivity index (χ1n) is 20.3. The van der Waals surface area contributed by atoms with Crippen molar-refractivity contribution in [3.8, 4) is 11.1 Å². The summed E-state index contributed by atoms with van der Waals surface area (Å²) in [6.07, 6.45) is 11.2. The topological polar surface area (TPSA) is 3.24 Å². The summed E-state index contributed by atoms with van der Waals surface area (Å²) in [5.74, 6) is 0. The predicted molar refractivity (Wildman–Crippen MR) is 246 cm³/mol. The quantitative estimate of drug-likeness (QED) is 0.111. The SMILES string of the molecule is CC1(C)c2cc(/C=C/c3ccc(N(c4ccccc4)c4ccc5c(c4)CCC=C5)cc3)ccc2-c2ccc(B(c3ccccc3)c3ccc4ccccc4c3)cc21. The van der Waals surface area contributed by atoms with Gasteiger partial charge in [0.2, 0.25) is 6.71 Å². The molecule has 0 spiro atoms. The molecule has 0 N–H and O–H groups in total. The highest BCUT2D eigenvalue weighted by Gasteiger charge is 2.36. The molecule has 0 amide bonds. The molecule has 0 fully saturated rings. The number of fused-ring (bicyclic) bond motifs is 5. The highest BCUT2D eigenvalue weighted by molar-refractivity contribution is 6.95. The molecule has 0 saturated carbocycles. The fourth-order valence-electron chi connectivity index (χ4n) is 9.18. The second-order valence-electron chi connectivity index (χ2n) is 16.1. The number of rotatable bonds is 8. The van der Waals surface area contributed by atoms with E-state index in [9.17, 15) is 0 Å². The molecule has 0 aliphatic heterocycles. The van der Waals surface area contributed by atoms with E-state index in [4.69, 9.17) is 0 Å². The summed E-state index contributed by atoms with van der Waals surface area (Å²) in [4.78, 5) is 2.36. The summed E-state index contributed by atoms with van der Waals surface area (Å²) in [7, 11) is 0. The Hall–Kier alpha value is -6.64. The largest absolute Gasteiger partial charge is 0.310 e. The number of nitrogens with zero attached hydrogens (tertiary/aromatic N) is 1. The van der Waals surface area contributed by atoms with Gasteiger partial charge in [-0.2, -0.15) is 0 Å². The van der Waals surface area contributed by atoms with Gasteiger partial charge in [0.25, 0.3) is 0 Å². The molecular weight excluding hydrogens is 685 g/mol. The van der Waals surface area contributed by atoms with Crippen LogP contribution in [0.4, 0.5) is 17.1 Å². The molecule has 0 atom stereocenters. The molecule has 8 aromatic carbocycles. The third-order valence-corrected chi connectivity index (χ3v) is 12.2. The van der Waals surface area contributed by atoms with Crippen molar-refractivity contribution in [2.24, 2.45) is 0 Å². The Morgan fingerprint density at radius 3 is 1.91 bits per heavy atom. The van der Waals surface area contributed by atoms with Gasteiger partial charge in [-0.1, -0.05) is 200 Å². The van der Waals surface area contributed by atoms with Gasteiger partial charge < -0.3 is 4.90 Å². The highest BCUT2D eigenvalue weighted by Crippen LogP contribution is 2.48. The molecule has 2 aliphatic carbocycles. The third-order valence-electron chi connectivity index (χ3n) is 12.2. The summed E-state index contributed by atoms with van der Waals surface area (Å²) < 4.78 is 0. The van der Waals surface area contributed by atoms with Crippen molar-refractivity contribution < 1.29 is 0 Å². The lowest BCUT2D eigenvalue weighted by molar-refractivity contribution is 0.660. The van der Waals surface area contributed by atoms with E-state index >= 15 is 0 Å². The average Bonchev–Trinajstić information content (AvgIpc) is 3.49. The van der Waals surface area contributed by atoms with Gasteiger partial charge in [0, 0.05) is 22.5 Å². The summed E-state index contributed by atoms with van der Waals surface area (Å²) in [6, 6.07) is 67.3. The smallest absolute Gasteiger partial charge is 0.241 e. The maximum Gasteiger partial charge on any atom is 0.241 e. The summed E-state index contributed by atoms with van der Waals surface area (Å²) >= 11 is 0. The minimum absolute atomic E-state index is 0.134. The van der Waals surface area contributed by atoms with Crippen LogP contribution in [0.2, 0.25) is 0 Å². The highest BCUT2D eigenvalue weighted by atomic mass is 15.1. The van der Waals surface area contributed by atoms with E-state index in [2.05, 4.69) is 225 Å². The van der Waals surface area contributed by atoms with Crippen LogP contribution in [-0.2, 0) is 11.8 Å². The van der Waals surface area contributed by atoms with Crippen molar-refractivity contribution >= 4 is 69.2 Å². The molecule has 0 radical (unpaired) electrons. The second-order valence-corrected chi connectivity index (χ2v) is 16.1. The van der Waals surface area contributed by atoms with Gasteiger partial charge in [0.1, 0.15) is 0 Å². The van der Waals surface area contributed by atoms with Crippen LogP contribution in [0.25, 0.3) is 40.1 Å². The number of allylic oxidation sites excluding steroid dienone is 1. The second kappa shape index (κ2) is 14.5. The molecule has 0 saturated heterocycles. The molecule has 0 heterocycles. The van der Waals surface area contributed by atoms with Gasteiger partial charge in [-0.3, -0.25) is 0 Å². The summed E-state index contributed by atoms with van der Waals surface area (Å²) in [5, 5.41) is 2.55. The van der Waals surface area contributed by atoms with Crippen LogP contribution >= 0.6 is 0 Å². The first-order chi connectivity index (χ1) is 28.0. The van der Waals surface area contributed by atoms with Crippen molar-refractivity contribution in [1.82, 2.24) is 0 Å². The lowest BCUT2D eigenvalue weighted by Crippen LogP contribution is -2.52. The Labute approximate surface area is 337 Å². The Morgan fingerprint density at radius 1 is 0.491 bits per heavy atom. The number of hydrogen-bond acceptors (Lipinski definition) is 1. The summed E-state index contributed by atoms with van der Waals surface area (Å²) in [5.41, 5.74) is 17.9. The molecule has 2 aliphatic rings. The van der Waals surface area contributed by atoms with Crippen molar-refractivity contribution in [2.75, 3.05) is 4.90 Å². The zero-order chi connectivity index (χ0) is 38.3. The number of hydrogen-bond donors (Lipinski definition) is 0. The molecule has 0 aromatic heterocycles. The first kappa shape index (κ1) is 34.8. The van der Waals surface area contributed by atoms with E-state index in [-0.39, 0.29) is 12.1 Å². The van der Waals surface area contributed by atoms with Gasteiger partial charge >= 0.3 is 0 Å². The molecule has 1 nitrogen and oxygen atoms in total. The lowest BCUT2D eigenvalue weighted by atomic mass is 9.36. The van der Waals surface area contributed by atoms with E-state index in [1.165, 1.54) is 77.4 Å². The van der Waals surface area contributed by atoms with Crippen LogP contribution in [0.3, 0.4) is 0 Å². The van der Waals surface area contributed by atoms with Crippen LogP contribution in [0.5, 0.6) is 0 Å². The zero-order valence-electron chi connectivity index (χ0n) is 32.6. The molecule has 57 heavy (non-hydrogen) atoms. The number of para-hydroxylation sites is 1. The van der Waals surface area contributed by atoms with Crippen molar-refractivity contribution in [2.45, 2.75) is 32.1 Å². The van der Waals surface area contributed by atoms with Crippen molar-refractivity contribution in [3.05, 3.63) is 221 Å². The fraction of sp³-hybridized carbons (Fsp3) is 0.0909. The molecular formula is C55H44BN. The van der Waals surface area contributed by atoms with Crippen LogP contribution in [-0.4, -0.2) is 6.71 Å². The Bertz CT molecular complexity index is 2810. The fourth-order valence-corrected chi connectivity index (χ4v) is 9.18. The van der Waals surface area contributed by atoms with Crippen LogP contribution < -0.4 is 21.3 Å². The number of anilines is 3. The molecule has 0 unspecified atom stereocenters. The minimum atomic E-state index is -0.134. The molecule has 0 bridgehead atoms. The van der Waals surface area contributed by atoms with Crippen LogP contribution in [0, 0.1) is 0 Å². The van der Waals surface area contributed by atoms with E-state index in [1.54, 1.807) is 0 Å². The standard InChI is InChI=1S/C55H44BN/c1-55(2)53-35-40(22-21-39-23-30-49(31-24-39)57(48-19-7-4-8-20-48)50-32-27-42-14-10-12-16-44(42)37-50)25-33-51(53)52-34-29-47(38-54(52)55)56(45-17-5-3-6-18-45)46-28-26-41-13-9-11-15-43(41)36-46/h3-11,13-15,17-38H,12,16H2,1-2H3/b22-21+. The van der Waals surface area contributed by atoms with Crippen LogP contribution in [0.1, 0.15) is 53.6 Å². The van der Waals surface area contributed by atoms with E-state index < -0.39 is 0 Å². The third kappa shape index (κ3) is 6.52. The Kier molecular flexibility index (Phi) is 8.83. The van der Waals surface area contributed by atoms with Gasteiger partial charge in [0.15, 0.2) is 0 Å². The molecule has 10 rings (SSSR count). The molecule has 8 aromatic rings. The Morgan fingerprint density at radius 2 is 1.11 bits per heavy atom.